The minimum absolute atomic E-state index is 0.0881. The molecule has 0 aromatic heterocycles. The molecule has 3 nitrogen and oxygen atoms in total. The van der Waals surface area contributed by atoms with E-state index >= 15 is 0 Å². The summed E-state index contributed by atoms with van der Waals surface area (Å²) in [5.74, 6) is -0.157. The molecule has 2 rings (SSSR count). The minimum atomic E-state index is -0.231. The molecule has 1 aromatic carbocycles. The Morgan fingerprint density at radius 2 is 2.06 bits per heavy atom. The first-order valence-electron chi connectivity index (χ1n) is 6.41. The summed E-state index contributed by atoms with van der Waals surface area (Å²) >= 11 is 0. The molecule has 3 heteroatoms. The summed E-state index contributed by atoms with van der Waals surface area (Å²) in [5.41, 5.74) is 1.24. The van der Waals surface area contributed by atoms with Crippen LogP contribution >= 0.6 is 0 Å². The highest BCUT2D eigenvalue weighted by Gasteiger charge is 2.40. The highest BCUT2D eigenvalue weighted by Crippen LogP contribution is 2.38. The van der Waals surface area contributed by atoms with E-state index in [1.54, 1.807) is 0 Å². The van der Waals surface area contributed by atoms with E-state index in [2.05, 4.69) is 19.1 Å². The molecule has 1 heterocycles. The van der Waals surface area contributed by atoms with E-state index < -0.39 is 0 Å². The lowest BCUT2D eigenvalue weighted by Crippen LogP contribution is -2.30. The zero-order chi connectivity index (χ0) is 13.1. The summed E-state index contributed by atoms with van der Waals surface area (Å²) in [6.07, 6.45) is 1.05. The molecular formula is C15H20O3. The number of benzene rings is 1. The predicted octanol–water partition coefficient (Wildman–Crippen LogP) is 2.76. The van der Waals surface area contributed by atoms with Crippen molar-refractivity contribution in [3.8, 4) is 0 Å². The monoisotopic (exact) mass is 248 g/mol. The fraction of sp³-hybridized carbons (Fsp3) is 0.533. The van der Waals surface area contributed by atoms with Gasteiger partial charge in [-0.1, -0.05) is 30.3 Å². The van der Waals surface area contributed by atoms with Gasteiger partial charge in [-0.05, 0) is 25.8 Å². The third-order valence-electron chi connectivity index (χ3n) is 3.67. The van der Waals surface area contributed by atoms with E-state index in [0.29, 0.717) is 0 Å². The molecule has 4 atom stereocenters. The molecule has 1 aromatic rings. The standard InChI is InChI=1S/C15H20O3/c1-10-9-13(12-7-5-4-6-8-12)14(18-10)11(2)15(16)17-3/h4-8,10-11,13-14H,9H2,1-3H3/t10-,11-,13+,14+/m1/s1. The van der Waals surface area contributed by atoms with Crippen LogP contribution in [-0.4, -0.2) is 25.3 Å². The Bertz CT molecular complexity index is 401. The Kier molecular flexibility index (Phi) is 4.02. The van der Waals surface area contributed by atoms with Crippen molar-refractivity contribution >= 4 is 5.97 Å². The van der Waals surface area contributed by atoms with Gasteiger partial charge in [0.2, 0.25) is 0 Å². The number of esters is 1. The van der Waals surface area contributed by atoms with E-state index in [4.69, 9.17) is 9.47 Å². The second kappa shape index (κ2) is 5.53. The zero-order valence-electron chi connectivity index (χ0n) is 11.1. The molecule has 18 heavy (non-hydrogen) atoms. The molecule has 1 aliphatic rings. The lowest BCUT2D eigenvalue weighted by atomic mass is 9.85. The number of carbonyl (C=O) groups is 1. The second-order valence-electron chi connectivity index (χ2n) is 4.98. The highest BCUT2D eigenvalue weighted by atomic mass is 16.5. The molecule has 0 bridgehead atoms. The van der Waals surface area contributed by atoms with Gasteiger partial charge in [-0.2, -0.15) is 0 Å². The van der Waals surface area contributed by atoms with Gasteiger partial charge in [0.15, 0.2) is 0 Å². The maximum absolute atomic E-state index is 11.7. The third-order valence-corrected chi connectivity index (χ3v) is 3.67. The summed E-state index contributed by atoms with van der Waals surface area (Å²) in [5, 5.41) is 0. The number of rotatable bonds is 3. The van der Waals surface area contributed by atoms with Crippen LogP contribution in [0.25, 0.3) is 0 Å². The summed E-state index contributed by atoms with van der Waals surface area (Å²) in [6.45, 7) is 3.93. The number of carbonyl (C=O) groups excluding carboxylic acids is 1. The molecule has 0 spiro atoms. The van der Waals surface area contributed by atoms with E-state index in [0.717, 1.165) is 6.42 Å². The van der Waals surface area contributed by atoms with Crippen LogP contribution in [-0.2, 0) is 14.3 Å². The Labute approximate surface area is 108 Å². The third kappa shape index (κ3) is 2.56. The first-order chi connectivity index (χ1) is 8.63. The van der Waals surface area contributed by atoms with E-state index in [1.165, 1.54) is 12.7 Å². The topological polar surface area (TPSA) is 35.5 Å². The fourth-order valence-corrected chi connectivity index (χ4v) is 2.72. The van der Waals surface area contributed by atoms with E-state index in [-0.39, 0.29) is 30.0 Å². The van der Waals surface area contributed by atoms with Crippen molar-refractivity contribution in [3.05, 3.63) is 35.9 Å². The van der Waals surface area contributed by atoms with Gasteiger partial charge in [0.25, 0.3) is 0 Å². The van der Waals surface area contributed by atoms with Crippen molar-refractivity contribution in [2.24, 2.45) is 5.92 Å². The number of ether oxygens (including phenoxy) is 2. The van der Waals surface area contributed by atoms with Crippen LogP contribution in [0.5, 0.6) is 0 Å². The summed E-state index contributed by atoms with van der Waals surface area (Å²) in [7, 11) is 1.43. The van der Waals surface area contributed by atoms with E-state index in [1.807, 2.05) is 25.1 Å². The largest absolute Gasteiger partial charge is 0.469 e. The highest BCUT2D eigenvalue weighted by molar-refractivity contribution is 5.72. The molecule has 98 valence electrons. The normalized spacial score (nSPS) is 28.9. The molecule has 1 saturated heterocycles. The second-order valence-corrected chi connectivity index (χ2v) is 4.98. The van der Waals surface area contributed by atoms with Crippen molar-refractivity contribution in [1.82, 2.24) is 0 Å². The van der Waals surface area contributed by atoms with Crippen molar-refractivity contribution in [1.29, 1.82) is 0 Å². The van der Waals surface area contributed by atoms with Crippen LogP contribution in [0.3, 0.4) is 0 Å². The van der Waals surface area contributed by atoms with Gasteiger partial charge < -0.3 is 9.47 Å². The molecule has 0 aliphatic carbocycles. The first kappa shape index (κ1) is 13.1. The van der Waals surface area contributed by atoms with Crippen LogP contribution in [0, 0.1) is 5.92 Å². The van der Waals surface area contributed by atoms with Crippen LogP contribution in [0.2, 0.25) is 0 Å². The van der Waals surface area contributed by atoms with Crippen molar-refractivity contribution < 1.29 is 14.3 Å². The molecule has 0 N–H and O–H groups in total. The van der Waals surface area contributed by atoms with E-state index in [9.17, 15) is 4.79 Å². The predicted molar refractivity (Wildman–Crippen MR) is 69.3 cm³/mol. The number of methoxy groups -OCH3 is 1. The van der Waals surface area contributed by atoms with Crippen molar-refractivity contribution in [3.63, 3.8) is 0 Å². The maximum Gasteiger partial charge on any atom is 0.311 e. The summed E-state index contributed by atoms with van der Waals surface area (Å²) < 4.78 is 10.7. The molecule has 0 radical (unpaired) electrons. The fourth-order valence-electron chi connectivity index (χ4n) is 2.72. The van der Waals surface area contributed by atoms with Crippen LogP contribution in [0.4, 0.5) is 0 Å². The van der Waals surface area contributed by atoms with Gasteiger partial charge in [-0.25, -0.2) is 0 Å². The molecule has 0 unspecified atom stereocenters. The van der Waals surface area contributed by atoms with Gasteiger partial charge in [0.05, 0.1) is 25.2 Å². The summed E-state index contributed by atoms with van der Waals surface area (Å²) in [6, 6.07) is 10.3. The minimum Gasteiger partial charge on any atom is -0.469 e. The Morgan fingerprint density at radius 3 is 2.67 bits per heavy atom. The molecule has 1 fully saturated rings. The Balaban J connectivity index is 2.20. The average Bonchev–Trinajstić information content (AvgIpc) is 2.80. The van der Waals surface area contributed by atoms with Crippen molar-refractivity contribution in [2.75, 3.05) is 7.11 Å². The number of hydrogen-bond donors (Lipinski definition) is 0. The molecule has 0 saturated carbocycles. The van der Waals surface area contributed by atoms with Crippen LogP contribution in [0.1, 0.15) is 31.7 Å². The van der Waals surface area contributed by atoms with Gasteiger partial charge in [0.1, 0.15) is 0 Å². The average molecular weight is 248 g/mol. The smallest absolute Gasteiger partial charge is 0.311 e. The molecule has 0 amide bonds. The zero-order valence-corrected chi connectivity index (χ0v) is 11.1. The molecule has 1 aliphatic heterocycles. The van der Waals surface area contributed by atoms with Crippen LogP contribution in [0.15, 0.2) is 30.3 Å². The maximum atomic E-state index is 11.7. The lowest BCUT2D eigenvalue weighted by Gasteiger charge is -2.23. The van der Waals surface area contributed by atoms with Gasteiger partial charge >= 0.3 is 5.97 Å². The number of hydrogen-bond acceptors (Lipinski definition) is 3. The Morgan fingerprint density at radius 1 is 1.39 bits per heavy atom. The van der Waals surface area contributed by atoms with Gasteiger partial charge in [0, 0.05) is 5.92 Å². The summed E-state index contributed by atoms with van der Waals surface area (Å²) in [4.78, 5) is 11.7. The van der Waals surface area contributed by atoms with Crippen molar-refractivity contribution in [2.45, 2.75) is 38.4 Å². The molecular weight excluding hydrogens is 228 g/mol. The van der Waals surface area contributed by atoms with Gasteiger partial charge in [-0.15, -0.1) is 0 Å². The van der Waals surface area contributed by atoms with Crippen LogP contribution < -0.4 is 0 Å². The first-order valence-corrected chi connectivity index (χ1v) is 6.41. The van der Waals surface area contributed by atoms with Gasteiger partial charge in [-0.3, -0.25) is 4.79 Å². The Hall–Kier alpha value is -1.35. The SMILES string of the molecule is COC(=O)[C@H](C)[C@@H]1O[C@H](C)C[C@H]1c1ccccc1. The quantitative estimate of drug-likeness (QED) is 0.772. The lowest BCUT2D eigenvalue weighted by molar-refractivity contribution is -0.150.